The molecule has 1 nitrogen and oxygen atoms in total. The average molecular weight is 231 g/mol. The Hall–Kier alpha value is -1.48. The van der Waals surface area contributed by atoms with E-state index in [1.165, 1.54) is 16.5 Å². The van der Waals surface area contributed by atoms with Crippen molar-refractivity contribution in [1.29, 1.82) is 0 Å². The van der Waals surface area contributed by atoms with Crippen LogP contribution in [0.4, 0.5) is 4.39 Å². The zero-order chi connectivity index (χ0) is 11.0. The van der Waals surface area contributed by atoms with Gasteiger partial charge in [0, 0.05) is 29.0 Å². The van der Waals surface area contributed by atoms with Crippen molar-refractivity contribution in [2.24, 2.45) is 4.99 Å². The van der Waals surface area contributed by atoms with Gasteiger partial charge in [-0.25, -0.2) is 4.39 Å². The number of benzene rings is 1. The highest BCUT2D eigenvalue weighted by atomic mass is 32.1. The molecule has 0 spiro atoms. The van der Waals surface area contributed by atoms with Gasteiger partial charge in [-0.05, 0) is 23.6 Å². The second-order valence-electron chi connectivity index (χ2n) is 3.75. The molecule has 2 heterocycles. The Bertz CT molecular complexity index is 557. The van der Waals surface area contributed by atoms with E-state index in [-0.39, 0.29) is 5.82 Å². The Balaban J connectivity index is 2.12. The second-order valence-corrected chi connectivity index (χ2v) is 4.75. The van der Waals surface area contributed by atoms with E-state index in [4.69, 9.17) is 0 Å². The highest BCUT2D eigenvalue weighted by Crippen LogP contribution is 2.25. The zero-order valence-corrected chi connectivity index (χ0v) is 9.43. The molecule has 1 aliphatic heterocycles. The molecule has 0 bridgehead atoms. The lowest BCUT2D eigenvalue weighted by molar-refractivity contribution is 0.627. The molecule has 3 rings (SSSR count). The number of nitrogens with zero attached hydrogens (tertiary/aromatic N) is 1. The molecule has 0 radical (unpaired) electrons. The first-order valence-electron chi connectivity index (χ1n) is 5.22. The van der Waals surface area contributed by atoms with E-state index in [9.17, 15) is 4.39 Å². The molecule has 16 heavy (non-hydrogen) atoms. The summed E-state index contributed by atoms with van der Waals surface area (Å²) in [6, 6.07) is 8.72. The summed E-state index contributed by atoms with van der Waals surface area (Å²) in [5.74, 6) is -0.206. The Labute approximate surface area is 97.3 Å². The molecule has 0 N–H and O–H groups in total. The van der Waals surface area contributed by atoms with E-state index in [0.717, 1.165) is 24.2 Å². The Kier molecular flexibility index (Phi) is 2.33. The van der Waals surface area contributed by atoms with Crippen LogP contribution in [0.2, 0.25) is 0 Å². The summed E-state index contributed by atoms with van der Waals surface area (Å²) in [6.07, 6.45) is 1.01. The summed E-state index contributed by atoms with van der Waals surface area (Å²) in [5.41, 5.74) is 2.98. The van der Waals surface area contributed by atoms with Crippen molar-refractivity contribution in [3.05, 3.63) is 57.5 Å². The van der Waals surface area contributed by atoms with Crippen molar-refractivity contribution in [1.82, 2.24) is 0 Å². The van der Waals surface area contributed by atoms with Crippen molar-refractivity contribution >= 4 is 17.0 Å². The van der Waals surface area contributed by atoms with Gasteiger partial charge in [-0.3, -0.25) is 4.99 Å². The smallest absolute Gasteiger partial charge is 0.123 e. The van der Waals surface area contributed by atoms with Crippen LogP contribution in [0.3, 0.4) is 0 Å². The van der Waals surface area contributed by atoms with Crippen LogP contribution in [0.5, 0.6) is 0 Å². The summed E-state index contributed by atoms with van der Waals surface area (Å²) < 4.78 is 13.2. The monoisotopic (exact) mass is 231 g/mol. The summed E-state index contributed by atoms with van der Waals surface area (Å²) in [7, 11) is 0. The number of rotatable bonds is 1. The van der Waals surface area contributed by atoms with Crippen molar-refractivity contribution < 1.29 is 4.39 Å². The number of thiophene rings is 1. The Morgan fingerprint density at radius 3 is 3.06 bits per heavy atom. The van der Waals surface area contributed by atoms with Gasteiger partial charge in [-0.2, -0.15) is 0 Å². The third-order valence-corrected chi connectivity index (χ3v) is 3.69. The molecule has 80 valence electrons. The summed E-state index contributed by atoms with van der Waals surface area (Å²) in [6.45, 7) is 0.805. The zero-order valence-electron chi connectivity index (χ0n) is 8.61. The molecule has 0 aliphatic carbocycles. The van der Waals surface area contributed by atoms with Crippen LogP contribution in [0.15, 0.2) is 40.7 Å². The third kappa shape index (κ3) is 1.57. The molecule has 1 aliphatic rings. The molecule has 3 heteroatoms. The first-order valence-corrected chi connectivity index (χ1v) is 6.10. The van der Waals surface area contributed by atoms with Gasteiger partial charge in [0.15, 0.2) is 0 Å². The van der Waals surface area contributed by atoms with E-state index < -0.39 is 0 Å². The maximum absolute atomic E-state index is 13.2. The standard InChI is InChI=1S/C13H10FNS/c14-10-3-1-2-9(8-10)13-11-5-7-16-12(11)4-6-15-13/h1-3,5,7-8H,4,6H2. The van der Waals surface area contributed by atoms with Crippen molar-refractivity contribution in [3.63, 3.8) is 0 Å². The summed E-state index contributed by atoms with van der Waals surface area (Å²) >= 11 is 1.75. The van der Waals surface area contributed by atoms with E-state index in [0.29, 0.717) is 0 Å². The average Bonchev–Trinajstić information content (AvgIpc) is 2.76. The minimum atomic E-state index is -0.206. The first-order chi connectivity index (χ1) is 7.84. The molecular weight excluding hydrogens is 221 g/mol. The van der Waals surface area contributed by atoms with Gasteiger partial charge in [0.05, 0.1) is 5.71 Å². The molecular formula is C13H10FNS. The van der Waals surface area contributed by atoms with Crippen LogP contribution >= 0.6 is 11.3 Å². The number of halogens is 1. The van der Waals surface area contributed by atoms with Crippen LogP contribution in [0, 0.1) is 5.82 Å². The van der Waals surface area contributed by atoms with Gasteiger partial charge in [-0.1, -0.05) is 12.1 Å². The molecule has 0 saturated heterocycles. The fraction of sp³-hybridized carbons (Fsp3) is 0.154. The molecule has 0 unspecified atom stereocenters. The van der Waals surface area contributed by atoms with Gasteiger partial charge in [0.1, 0.15) is 5.82 Å². The highest BCUT2D eigenvalue weighted by Gasteiger charge is 2.16. The molecule has 1 aromatic heterocycles. The van der Waals surface area contributed by atoms with Crippen LogP contribution in [-0.4, -0.2) is 12.3 Å². The highest BCUT2D eigenvalue weighted by molar-refractivity contribution is 7.10. The van der Waals surface area contributed by atoms with Gasteiger partial charge in [0.25, 0.3) is 0 Å². The number of hydrogen-bond donors (Lipinski definition) is 0. The van der Waals surface area contributed by atoms with Gasteiger partial charge in [0.2, 0.25) is 0 Å². The van der Waals surface area contributed by atoms with Crippen LogP contribution in [0.25, 0.3) is 0 Å². The van der Waals surface area contributed by atoms with Gasteiger partial charge in [-0.15, -0.1) is 11.3 Å². The summed E-state index contributed by atoms with van der Waals surface area (Å²) in [4.78, 5) is 5.87. The maximum Gasteiger partial charge on any atom is 0.123 e. The Morgan fingerprint density at radius 2 is 2.19 bits per heavy atom. The van der Waals surface area contributed by atoms with Crippen molar-refractivity contribution in [2.75, 3.05) is 6.54 Å². The van der Waals surface area contributed by atoms with E-state index in [2.05, 4.69) is 16.4 Å². The fourth-order valence-corrected chi connectivity index (χ4v) is 2.85. The lowest BCUT2D eigenvalue weighted by atomic mass is 10.00. The van der Waals surface area contributed by atoms with Crippen molar-refractivity contribution in [3.8, 4) is 0 Å². The quantitative estimate of drug-likeness (QED) is 0.714. The molecule has 0 saturated carbocycles. The number of fused-ring (bicyclic) bond motifs is 1. The minimum Gasteiger partial charge on any atom is -0.284 e. The molecule has 0 atom stereocenters. The largest absolute Gasteiger partial charge is 0.284 e. The predicted octanol–water partition coefficient (Wildman–Crippen LogP) is 3.28. The van der Waals surface area contributed by atoms with E-state index >= 15 is 0 Å². The first kappa shape index (κ1) is 9.73. The van der Waals surface area contributed by atoms with Gasteiger partial charge >= 0.3 is 0 Å². The van der Waals surface area contributed by atoms with Crippen LogP contribution in [-0.2, 0) is 6.42 Å². The van der Waals surface area contributed by atoms with E-state index in [1.54, 1.807) is 23.5 Å². The SMILES string of the molecule is Fc1cccc(C2=NCCc3sccc32)c1. The fourth-order valence-electron chi connectivity index (χ4n) is 1.98. The number of hydrogen-bond acceptors (Lipinski definition) is 2. The molecule has 0 amide bonds. The predicted molar refractivity (Wildman–Crippen MR) is 64.9 cm³/mol. The molecule has 0 fully saturated rings. The van der Waals surface area contributed by atoms with E-state index in [1.807, 2.05) is 6.07 Å². The lowest BCUT2D eigenvalue weighted by Gasteiger charge is -2.13. The van der Waals surface area contributed by atoms with Gasteiger partial charge < -0.3 is 0 Å². The molecule has 1 aromatic carbocycles. The van der Waals surface area contributed by atoms with Crippen LogP contribution < -0.4 is 0 Å². The Morgan fingerprint density at radius 1 is 1.25 bits per heavy atom. The second kappa shape index (κ2) is 3.83. The summed E-state index contributed by atoms with van der Waals surface area (Å²) in [5, 5.41) is 2.07. The molecule has 2 aromatic rings. The lowest BCUT2D eigenvalue weighted by Crippen LogP contribution is -2.11. The topological polar surface area (TPSA) is 12.4 Å². The number of aliphatic imine (C=N–C) groups is 1. The maximum atomic E-state index is 13.2. The van der Waals surface area contributed by atoms with Crippen LogP contribution in [0.1, 0.15) is 16.0 Å². The minimum absolute atomic E-state index is 0.206. The van der Waals surface area contributed by atoms with Crippen molar-refractivity contribution in [2.45, 2.75) is 6.42 Å². The normalized spacial score (nSPS) is 14.4. The third-order valence-electron chi connectivity index (χ3n) is 2.71.